The molecule has 2 N–H and O–H groups in total. The molecule has 14 heavy (non-hydrogen) atoms. The molecule has 1 aromatic rings. The maximum absolute atomic E-state index is 5.57. The Labute approximate surface area is 85.9 Å². The molecule has 0 radical (unpaired) electrons. The zero-order valence-corrected chi connectivity index (χ0v) is 8.82. The zero-order chi connectivity index (χ0) is 10.2. The average molecular weight is 193 g/mol. The maximum Gasteiger partial charge on any atom is 0.128 e. The Bertz CT molecular complexity index is 236. The van der Waals surface area contributed by atoms with E-state index in [1.807, 2.05) is 24.4 Å². The number of unbranched alkanes of at least 4 members (excludes halogenated alkanes) is 1. The molecule has 0 unspecified atom stereocenters. The number of hydrogen-bond acceptors (Lipinski definition) is 3. The summed E-state index contributed by atoms with van der Waals surface area (Å²) in [7, 11) is 0. The van der Waals surface area contributed by atoms with Gasteiger partial charge in [0.15, 0.2) is 0 Å². The molecule has 0 aromatic carbocycles. The number of nitrogens with two attached hydrogens (primary N) is 1. The van der Waals surface area contributed by atoms with Crippen molar-refractivity contribution in [2.24, 2.45) is 5.73 Å². The molecule has 3 nitrogen and oxygen atoms in total. The summed E-state index contributed by atoms with van der Waals surface area (Å²) in [5, 5.41) is 0. The predicted octanol–water partition coefficient (Wildman–Crippen LogP) is 1.65. The average Bonchev–Trinajstić information content (AvgIpc) is 2.25. The van der Waals surface area contributed by atoms with Crippen LogP contribution in [0.5, 0.6) is 0 Å². The highest BCUT2D eigenvalue weighted by molar-refractivity contribution is 5.37. The highest BCUT2D eigenvalue weighted by atomic mass is 15.2. The van der Waals surface area contributed by atoms with E-state index in [2.05, 4.69) is 16.8 Å². The largest absolute Gasteiger partial charge is 0.355 e. The van der Waals surface area contributed by atoms with Crippen molar-refractivity contribution >= 4 is 5.82 Å². The molecule has 0 aliphatic carbocycles. The molecule has 0 spiro atoms. The van der Waals surface area contributed by atoms with Gasteiger partial charge < -0.3 is 10.6 Å². The summed E-state index contributed by atoms with van der Waals surface area (Å²) in [6.07, 6.45) is 4.22. The fraction of sp³-hybridized carbons (Fsp3) is 0.545. The van der Waals surface area contributed by atoms with Crippen molar-refractivity contribution in [2.75, 3.05) is 24.5 Å². The summed E-state index contributed by atoms with van der Waals surface area (Å²) >= 11 is 0. The number of rotatable bonds is 6. The summed E-state index contributed by atoms with van der Waals surface area (Å²) in [6, 6.07) is 5.98. The normalized spacial score (nSPS) is 10.1. The number of aromatic nitrogens is 1. The van der Waals surface area contributed by atoms with Gasteiger partial charge in [-0.25, -0.2) is 4.98 Å². The molecular weight excluding hydrogens is 174 g/mol. The second-order valence-corrected chi connectivity index (χ2v) is 3.32. The molecule has 0 aliphatic rings. The fourth-order valence-corrected chi connectivity index (χ4v) is 1.39. The Morgan fingerprint density at radius 1 is 1.36 bits per heavy atom. The van der Waals surface area contributed by atoms with E-state index >= 15 is 0 Å². The van der Waals surface area contributed by atoms with Gasteiger partial charge in [-0.3, -0.25) is 0 Å². The molecule has 1 heterocycles. The van der Waals surface area contributed by atoms with Gasteiger partial charge in [-0.1, -0.05) is 19.4 Å². The summed E-state index contributed by atoms with van der Waals surface area (Å²) in [4.78, 5) is 6.56. The minimum absolute atomic E-state index is 0.681. The second-order valence-electron chi connectivity index (χ2n) is 3.32. The lowest BCUT2D eigenvalue weighted by molar-refractivity contribution is 0.708. The minimum Gasteiger partial charge on any atom is -0.355 e. The third-order valence-electron chi connectivity index (χ3n) is 2.15. The van der Waals surface area contributed by atoms with Crippen molar-refractivity contribution in [3.8, 4) is 0 Å². The van der Waals surface area contributed by atoms with Crippen LogP contribution >= 0.6 is 0 Å². The van der Waals surface area contributed by atoms with E-state index in [0.717, 1.165) is 18.9 Å². The van der Waals surface area contributed by atoms with Gasteiger partial charge in [-0.05, 0) is 18.6 Å². The van der Waals surface area contributed by atoms with Gasteiger partial charge in [-0.15, -0.1) is 0 Å². The quantitative estimate of drug-likeness (QED) is 0.747. The highest BCUT2D eigenvalue weighted by Gasteiger charge is 2.04. The van der Waals surface area contributed by atoms with E-state index in [0.29, 0.717) is 6.54 Å². The smallest absolute Gasteiger partial charge is 0.128 e. The van der Waals surface area contributed by atoms with Crippen LogP contribution in [0.4, 0.5) is 5.82 Å². The first-order chi connectivity index (χ1) is 6.88. The molecule has 0 saturated heterocycles. The van der Waals surface area contributed by atoms with Crippen LogP contribution in [0.1, 0.15) is 19.8 Å². The topological polar surface area (TPSA) is 42.1 Å². The first-order valence-electron chi connectivity index (χ1n) is 5.24. The van der Waals surface area contributed by atoms with Crippen LogP contribution in [-0.2, 0) is 0 Å². The van der Waals surface area contributed by atoms with Crippen LogP contribution in [0.25, 0.3) is 0 Å². The Morgan fingerprint density at radius 3 is 2.79 bits per heavy atom. The van der Waals surface area contributed by atoms with Crippen LogP contribution in [-0.4, -0.2) is 24.6 Å². The molecular formula is C11H19N3. The third kappa shape index (κ3) is 3.34. The van der Waals surface area contributed by atoms with Crippen molar-refractivity contribution in [1.82, 2.24) is 4.98 Å². The summed E-state index contributed by atoms with van der Waals surface area (Å²) < 4.78 is 0. The Hall–Kier alpha value is -1.09. The molecule has 0 amide bonds. The van der Waals surface area contributed by atoms with E-state index in [4.69, 9.17) is 5.73 Å². The van der Waals surface area contributed by atoms with Crippen molar-refractivity contribution in [3.63, 3.8) is 0 Å². The lowest BCUT2D eigenvalue weighted by Gasteiger charge is -2.22. The molecule has 0 aliphatic heterocycles. The van der Waals surface area contributed by atoms with Gasteiger partial charge in [0.2, 0.25) is 0 Å². The van der Waals surface area contributed by atoms with Gasteiger partial charge in [0.1, 0.15) is 5.82 Å². The number of pyridine rings is 1. The fourth-order valence-electron chi connectivity index (χ4n) is 1.39. The van der Waals surface area contributed by atoms with Crippen molar-refractivity contribution < 1.29 is 0 Å². The van der Waals surface area contributed by atoms with Crippen LogP contribution < -0.4 is 10.6 Å². The van der Waals surface area contributed by atoms with E-state index < -0.39 is 0 Å². The third-order valence-corrected chi connectivity index (χ3v) is 2.15. The number of nitrogens with zero attached hydrogens (tertiary/aromatic N) is 2. The van der Waals surface area contributed by atoms with Crippen LogP contribution in [0, 0.1) is 0 Å². The molecule has 0 saturated carbocycles. The summed E-state index contributed by atoms with van der Waals surface area (Å²) in [5.74, 6) is 1.03. The molecule has 1 rings (SSSR count). The Morgan fingerprint density at radius 2 is 2.21 bits per heavy atom. The molecule has 0 fully saturated rings. The van der Waals surface area contributed by atoms with Crippen LogP contribution in [0.3, 0.4) is 0 Å². The maximum atomic E-state index is 5.57. The van der Waals surface area contributed by atoms with E-state index in [1.165, 1.54) is 12.8 Å². The van der Waals surface area contributed by atoms with Crippen molar-refractivity contribution in [1.29, 1.82) is 0 Å². The van der Waals surface area contributed by atoms with Gasteiger partial charge in [-0.2, -0.15) is 0 Å². The SMILES string of the molecule is CCCCN(CCN)c1ccccn1. The second kappa shape index (κ2) is 6.38. The molecule has 78 valence electrons. The number of hydrogen-bond donors (Lipinski definition) is 1. The number of anilines is 1. The Kier molecular flexibility index (Phi) is 5.00. The zero-order valence-electron chi connectivity index (χ0n) is 8.82. The minimum atomic E-state index is 0.681. The first-order valence-corrected chi connectivity index (χ1v) is 5.24. The van der Waals surface area contributed by atoms with Crippen molar-refractivity contribution in [2.45, 2.75) is 19.8 Å². The van der Waals surface area contributed by atoms with E-state index in [-0.39, 0.29) is 0 Å². The molecule has 3 heteroatoms. The summed E-state index contributed by atoms with van der Waals surface area (Å²) in [6.45, 7) is 4.81. The lowest BCUT2D eigenvalue weighted by atomic mass is 10.3. The predicted molar refractivity (Wildman–Crippen MR) is 60.4 cm³/mol. The Balaban J connectivity index is 2.58. The van der Waals surface area contributed by atoms with Gasteiger partial charge in [0.25, 0.3) is 0 Å². The monoisotopic (exact) mass is 193 g/mol. The van der Waals surface area contributed by atoms with Crippen LogP contribution in [0.15, 0.2) is 24.4 Å². The van der Waals surface area contributed by atoms with Gasteiger partial charge in [0, 0.05) is 25.8 Å². The molecule has 0 bridgehead atoms. The van der Waals surface area contributed by atoms with E-state index in [1.54, 1.807) is 0 Å². The van der Waals surface area contributed by atoms with Gasteiger partial charge in [0.05, 0.1) is 0 Å². The van der Waals surface area contributed by atoms with E-state index in [9.17, 15) is 0 Å². The lowest BCUT2D eigenvalue weighted by Crippen LogP contribution is -2.30. The molecule has 1 aromatic heterocycles. The van der Waals surface area contributed by atoms with Crippen molar-refractivity contribution in [3.05, 3.63) is 24.4 Å². The standard InChI is InChI=1S/C11H19N3/c1-2-3-9-14(10-7-12)11-6-4-5-8-13-11/h4-6,8H,2-3,7,9-10,12H2,1H3. The highest BCUT2D eigenvalue weighted by Crippen LogP contribution is 2.09. The first kappa shape index (κ1) is 11.0. The van der Waals surface area contributed by atoms with Crippen LogP contribution in [0.2, 0.25) is 0 Å². The molecule has 0 atom stereocenters. The van der Waals surface area contributed by atoms with Gasteiger partial charge >= 0.3 is 0 Å². The summed E-state index contributed by atoms with van der Waals surface area (Å²) in [5.41, 5.74) is 5.57.